The van der Waals surface area contributed by atoms with E-state index in [1.807, 2.05) is 4.68 Å². The number of fused-ring (bicyclic) bond motifs is 1. The molecule has 1 aliphatic carbocycles. The van der Waals surface area contributed by atoms with Crippen molar-refractivity contribution in [2.24, 2.45) is 5.92 Å². The second-order valence-corrected chi connectivity index (χ2v) is 10.7. The summed E-state index contributed by atoms with van der Waals surface area (Å²) in [5.74, 6) is -9.60. The van der Waals surface area contributed by atoms with Gasteiger partial charge in [0.15, 0.2) is 17.4 Å². The van der Waals surface area contributed by atoms with Crippen LogP contribution in [0.15, 0.2) is 30.5 Å². The molecule has 9 nitrogen and oxygen atoms in total. The first-order chi connectivity index (χ1) is 20.2. The zero-order chi connectivity index (χ0) is 31.5. The average molecular weight is 616 g/mol. The third-order valence-electron chi connectivity index (χ3n) is 7.74. The van der Waals surface area contributed by atoms with E-state index in [1.165, 1.54) is 5.69 Å². The van der Waals surface area contributed by atoms with Crippen molar-refractivity contribution in [3.05, 3.63) is 53.5 Å². The molecule has 1 saturated heterocycles. The molecule has 2 heterocycles. The Labute approximate surface area is 242 Å². The summed E-state index contributed by atoms with van der Waals surface area (Å²) in [6.07, 6.45) is 0.461. The molecule has 2 fully saturated rings. The van der Waals surface area contributed by atoms with Gasteiger partial charge in [0, 0.05) is 50.0 Å². The lowest BCUT2D eigenvalue weighted by Crippen LogP contribution is -2.44. The number of phenolic OH excluding ortho intramolecular Hbond substituents is 1. The molecule has 0 atom stereocenters. The summed E-state index contributed by atoms with van der Waals surface area (Å²) in [5, 5.41) is 24.8. The first-order valence-electron chi connectivity index (χ1n) is 13.6. The van der Waals surface area contributed by atoms with Gasteiger partial charge in [0.25, 0.3) is 5.91 Å². The lowest BCUT2D eigenvalue weighted by Gasteiger charge is -2.34. The van der Waals surface area contributed by atoms with Crippen molar-refractivity contribution in [1.29, 1.82) is 0 Å². The van der Waals surface area contributed by atoms with E-state index in [9.17, 15) is 31.1 Å². The van der Waals surface area contributed by atoms with Crippen molar-refractivity contribution in [1.82, 2.24) is 20.0 Å². The molecule has 0 spiro atoms. The number of carbonyl (C=O) groups excluding carboxylic acids is 1. The van der Waals surface area contributed by atoms with Crippen LogP contribution in [0.4, 0.5) is 32.0 Å². The molecule has 3 aromatic rings. The van der Waals surface area contributed by atoms with Crippen LogP contribution in [0.5, 0.6) is 5.75 Å². The van der Waals surface area contributed by atoms with Crippen molar-refractivity contribution < 1.29 is 46.1 Å². The highest BCUT2D eigenvalue weighted by Crippen LogP contribution is 2.33. The third-order valence-corrected chi connectivity index (χ3v) is 7.74. The van der Waals surface area contributed by atoms with E-state index in [2.05, 4.69) is 46.6 Å². The Morgan fingerprint density at radius 2 is 1.63 bits per heavy atom. The highest BCUT2D eigenvalue weighted by atomic mass is 19.4. The molecular formula is C28H31F6N5O4. The van der Waals surface area contributed by atoms with E-state index in [0.29, 0.717) is 6.07 Å². The van der Waals surface area contributed by atoms with Crippen LogP contribution >= 0.6 is 0 Å². The van der Waals surface area contributed by atoms with Gasteiger partial charge >= 0.3 is 12.1 Å². The number of nitrogens with one attached hydrogen (secondary N) is 1. The maximum Gasteiger partial charge on any atom is 0.490 e. The van der Waals surface area contributed by atoms with Crippen LogP contribution in [0.2, 0.25) is 0 Å². The van der Waals surface area contributed by atoms with Crippen LogP contribution in [0.1, 0.15) is 42.1 Å². The molecule has 2 aliphatic rings. The first kappa shape index (κ1) is 31.9. The van der Waals surface area contributed by atoms with Crippen molar-refractivity contribution in [3.63, 3.8) is 0 Å². The number of carboxylic acid groups (broad SMARTS) is 1. The van der Waals surface area contributed by atoms with Crippen LogP contribution in [-0.2, 0) is 4.79 Å². The SMILES string of the molecule is CN1CCN(c2ccc3cn(C4CCC(CNC(=O)c5cc(F)c(O)c(F)c5F)CC4)nc3c2)CC1.O=C(O)C(F)(F)F. The predicted molar refractivity (Wildman–Crippen MR) is 144 cm³/mol. The summed E-state index contributed by atoms with van der Waals surface area (Å²) < 4.78 is 74.8. The number of nitrogens with zero attached hydrogens (tertiary/aromatic N) is 4. The number of carbonyl (C=O) groups is 2. The molecule has 15 heteroatoms. The van der Waals surface area contributed by atoms with Crippen LogP contribution in [-0.4, -0.2) is 82.7 Å². The largest absolute Gasteiger partial charge is 0.503 e. The molecule has 43 heavy (non-hydrogen) atoms. The van der Waals surface area contributed by atoms with Gasteiger partial charge in [0.05, 0.1) is 17.1 Å². The number of hydrogen-bond donors (Lipinski definition) is 3. The van der Waals surface area contributed by atoms with E-state index in [4.69, 9.17) is 20.1 Å². The Kier molecular flexibility index (Phi) is 9.72. The Hall–Kier alpha value is -4.01. The second-order valence-electron chi connectivity index (χ2n) is 10.7. The van der Waals surface area contributed by atoms with E-state index >= 15 is 0 Å². The minimum absolute atomic E-state index is 0.175. The summed E-state index contributed by atoms with van der Waals surface area (Å²) in [6, 6.07) is 7.22. The molecule has 0 unspecified atom stereocenters. The van der Waals surface area contributed by atoms with Gasteiger partial charge in [-0.1, -0.05) is 0 Å². The van der Waals surface area contributed by atoms with Crippen molar-refractivity contribution in [3.8, 4) is 5.75 Å². The van der Waals surface area contributed by atoms with E-state index in [1.54, 1.807) is 0 Å². The highest BCUT2D eigenvalue weighted by Gasteiger charge is 2.38. The van der Waals surface area contributed by atoms with Crippen LogP contribution in [0.3, 0.4) is 0 Å². The minimum Gasteiger partial charge on any atom is -0.503 e. The van der Waals surface area contributed by atoms with Crippen molar-refractivity contribution >= 4 is 28.5 Å². The van der Waals surface area contributed by atoms with Crippen LogP contribution in [0.25, 0.3) is 10.9 Å². The van der Waals surface area contributed by atoms with Gasteiger partial charge in [-0.2, -0.15) is 22.7 Å². The smallest absolute Gasteiger partial charge is 0.490 e. The molecule has 1 amide bonds. The molecule has 3 N–H and O–H groups in total. The number of amides is 1. The number of aromatic hydroxyl groups is 1. The summed E-state index contributed by atoms with van der Waals surface area (Å²) in [7, 11) is 2.14. The number of alkyl halides is 3. The molecule has 0 bridgehead atoms. The minimum atomic E-state index is -5.08. The zero-order valence-corrected chi connectivity index (χ0v) is 23.2. The van der Waals surface area contributed by atoms with E-state index < -0.39 is 46.8 Å². The number of hydrogen-bond acceptors (Lipinski definition) is 6. The maximum absolute atomic E-state index is 14.0. The average Bonchev–Trinajstić information content (AvgIpc) is 3.41. The lowest BCUT2D eigenvalue weighted by atomic mass is 9.86. The van der Waals surface area contributed by atoms with Gasteiger partial charge in [0.1, 0.15) is 0 Å². The zero-order valence-electron chi connectivity index (χ0n) is 23.2. The van der Waals surface area contributed by atoms with Crippen molar-refractivity contribution in [2.45, 2.75) is 37.9 Å². The molecule has 1 aliphatic heterocycles. The van der Waals surface area contributed by atoms with Crippen LogP contribution < -0.4 is 10.2 Å². The fourth-order valence-corrected chi connectivity index (χ4v) is 5.17. The number of aliphatic carboxylic acids is 1. The normalized spacial score (nSPS) is 19.6. The highest BCUT2D eigenvalue weighted by molar-refractivity contribution is 5.94. The van der Waals surface area contributed by atoms with Crippen LogP contribution in [0, 0.1) is 23.4 Å². The second kappa shape index (κ2) is 13.1. The van der Waals surface area contributed by atoms with Gasteiger partial charge in [-0.3, -0.25) is 9.48 Å². The Morgan fingerprint density at radius 3 is 2.23 bits per heavy atom. The molecule has 5 rings (SSSR count). The molecule has 234 valence electrons. The maximum atomic E-state index is 14.0. The standard InChI is InChI=1S/C26H30F3N5O2.C2HF3O2/c1-32-8-10-33(11-9-32)19-7-4-17-15-34(31-22(17)12-19)18-5-2-16(3-6-18)14-30-26(36)20-13-21(27)25(35)24(29)23(20)28;3-2(4,5)1(6)7/h4,7,12-13,15-16,18,35H,2-3,5-6,8-11,14H2,1H3,(H,30,36);(H,6,7). The molecule has 1 aromatic heterocycles. The number of carboxylic acids is 1. The topological polar surface area (TPSA) is 111 Å². The summed E-state index contributed by atoms with van der Waals surface area (Å²) >= 11 is 0. The molecule has 0 radical (unpaired) electrons. The van der Waals surface area contributed by atoms with Gasteiger partial charge in [-0.15, -0.1) is 0 Å². The number of aromatic nitrogens is 2. The lowest BCUT2D eigenvalue weighted by molar-refractivity contribution is -0.192. The summed E-state index contributed by atoms with van der Waals surface area (Å²) in [5.41, 5.74) is 1.43. The molecule has 1 saturated carbocycles. The van der Waals surface area contributed by atoms with Gasteiger partial charge in [-0.25, -0.2) is 13.6 Å². The van der Waals surface area contributed by atoms with Gasteiger partial charge < -0.3 is 25.3 Å². The van der Waals surface area contributed by atoms with E-state index in [-0.39, 0.29) is 18.5 Å². The van der Waals surface area contributed by atoms with Gasteiger partial charge in [0.2, 0.25) is 5.82 Å². The number of piperazine rings is 1. The number of phenols is 1. The predicted octanol–water partition coefficient (Wildman–Crippen LogP) is 4.71. The number of rotatable bonds is 5. The monoisotopic (exact) mass is 615 g/mol. The Morgan fingerprint density at radius 1 is 1.00 bits per heavy atom. The fraction of sp³-hybridized carbons (Fsp3) is 0.464. The molecular weight excluding hydrogens is 584 g/mol. The van der Waals surface area contributed by atoms with Crippen molar-refractivity contribution in [2.75, 3.05) is 44.7 Å². The quantitative estimate of drug-likeness (QED) is 0.282. The Bertz CT molecular complexity index is 1460. The summed E-state index contributed by atoms with van der Waals surface area (Å²) in [4.78, 5) is 25.9. The first-order valence-corrected chi connectivity index (χ1v) is 13.6. The number of likely N-dealkylation sites (N-methyl/N-ethyl adjacent to an activating group) is 1. The Balaban J connectivity index is 0.000000541. The number of anilines is 1. The number of halogens is 6. The third kappa shape index (κ3) is 7.69. The van der Waals surface area contributed by atoms with Gasteiger partial charge in [-0.05, 0) is 62.9 Å². The molecule has 2 aromatic carbocycles. The fourth-order valence-electron chi connectivity index (χ4n) is 5.17. The summed E-state index contributed by atoms with van der Waals surface area (Å²) in [6.45, 7) is 4.39. The number of benzene rings is 2. The van der Waals surface area contributed by atoms with E-state index in [0.717, 1.165) is 62.8 Å².